The van der Waals surface area contributed by atoms with Crippen molar-refractivity contribution < 1.29 is 4.74 Å². The monoisotopic (exact) mass is 622 g/mol. The predicted molar refractivity (Wildman–Crippen MR) is 196 cm³/mol. The molecule has 0 bridgehead atoms. The third kappa shape index (κ3) is 6.09. The average molecular weight is 623 g/mol. The van der Waals surface area contributed by atoms with Gasteiger partial charge in [0, 0.05) is 58.9 Å². The molecular formula is C43H34N4O. The van der Waals surface area contributed by atoms with Crippen molar-refractivity contribution in [2.45, 2.75) is 0 Å². The van der Waals surface area contributed by atoms with Crippen molar-refractivity contribution >= 4 is 11.4 Å². The van der Waals surface area contributed by atoms with Gasteiger partial charge in [0.2, 0.25) is 0 Å². The first-order valence-corrected chi connectivity index (χ1v) is 16.2. The molecule has 5 aromatic carbocycles. The van der Waals surface area contributed by atoms with Crippen LogP contribution in [0.4, 0.5) is 11.4 Å². The van der Waals surface area contributed by atoms with Gasteiger partial charge in [-0.05, 0) is 47.5 Å². The van der Waals surface area contributed by atoms with Gasteiger partial charge in [-0.1, -0.05) is 121 Å². The van der Waals surface area contributed by atoms with E-state index in [9.17, 15) is 0 Å². The van der Waals surface area contributed by atoms with Crippen LogP contribution in [0.15, 0.2) is 194 Å². The Kier molecular flexibility index (Phi) is 7.99. The molecule has 0 radical (unpaired) electrons. The van der Waals surface area contributed by atoms with Crippen LogP contribution in [0.1, 0.15) is 0 Å². The summed E-state index contributed by atoms with van der Waals surface area (Å²) in [6.07, 6.45) is 17.0. The van der Waals surface area contributed by atoms with Crippen LogP contribution < -0.4 is 15.4 Å². The highest BCUT2D eigenvalue weighted by molar-refractivity contribution is 5.91. The highest BCUT2D eigenvalue weighted by atomic mass is 16.5. The number of para-hydroxylation sites is 1. The minimum absolute atomic E-state index is 0.138. The molecule has 2 unspecified atom stereocenters. The number of hydrogen-bond donors (Lipinski definition) is 2. The molecule has 48 heavy (non-hydrogen) atoms. The van der Waals surface area contributed by atoms with E-state index in [1.165, 1.54) is 0 Å². The minimum Gasteiger partial charge on any atom is -0.457 e. The lowest BCUT2D eigenvalue weighted by molar-refractivity contribution is 0.482. The zero-order chi connectivity index (χ0) is 32.1. The lowest BCUT2D eigenvalue weighted by Crippen LogP contribution is -2.25. The number of anilines is 2. The van der Waals surface area contributed by atoms with Crippen molar-refractivity contribution in [3.05, 3.63) is 194 Å². The molecule has 6 aromatic rings. The van der Waals surface area contributed by atoms with E-state index in [0.717, 1.165) is 62.2 Å². The molecule has 2 aliphatic rings. The second-order valence-electron chi connectivity index (χ2n) is 11.8. The van der Waals surface area contributed by atoms with Crippen LogP contribution in [0.3, 0.4) is 0 Å². The summed E-state index contributed by atoms with van der Waals surface area (Å²) in [6, 6.07) is 45.7. The van der Waals surface area contributed by atoms with Gasteiger partial charge in [-0.2, -0.15) is 5.10 Å². The van der Waals surface area contributed by atoms with Gasteiger partial charge >= 0.3 is 0 Å². The zero-order valence-corrected chi connectivity index (χ0v) is 26.3. The summed E-state index contributed by atoms with van der Waals surface area (Å²) in [5, 5.41) is 12.1. The molecule has 0 saturated carbocycles. The van der Waals surface area contributed by atoms with Crippen molar-refractivity contribution in [3.8, 4) is 39.4 Å². The van der Waals surface area contributed by atoms with Gasteiger partial charge < -0.3 is 15.4 Å². The lowest BCUT2D eigenvalue weighted by atomic mass is 9.81. The summed E-state index contributed by atoms with van der Waals surface area (Å²) in [7, 11) is 0. The van der Waals surface area contributed by atoms with Gasteiger partial charge in [0.05, 0.1) is 17.1 Å². The Morgan fingerprint density at radius 2 is 1.29 bits per heavy atom. The Morgan fingerprint density at radius 3 is 2.02 bits per heavy atom. The molecule has 0 saturated heterocycles. The van der Waals surface area contributed by atoms with Crippen molar-refractivity contribution in [2.24, 2.45) is 11.8 Å². The molecule has 1 aromatic heterocycles. The summed E-state index contributed by atoms with van der Waals surface area (Å²) in [5.41, 5.74) is 9.70. The van der Waals surface area contributed by atoms with E-state index in [1.807, 2.05) is 59.4 Å². The Labute approximate surface area is 280 Å². The highest BCUT2D eigenvalue weighted by Gasteiger charge is 2.28. The average Bonchev–Trinajstić information content (AvgIpc) is 3.69. The maximum atomic E-state index is 6.33. The number of nitrogens with zero attached hydrogens (tertiary/aromatic N) is 2. The molecule has 2 N–H and O–H groups in total. The zero-order valence-electron chi connectivity index (χ0n) is 26.3. The summed E-state index contributed by atoms with van der Waals surface area (Å²) in [4.78, 5) is 0. The molecule has 5 heteroatoms. The van der Waals surface area contributed by atoms with Crippen LogP contribution in [-0.4, -0.2) is 9.78 Å². The quantitative estimate of drug-likeness (QED) is 0.168. The van der Waals surface area contributed by atoms with E-state index in [2.05, 4.69) is 137 Å². The Morgan fingerprint density at radius 1 is 0.604 bits per heavy atom. The second-order valence-corrected chi connectivity index (χ2v) is 11.8. The number of aromatic nitrogens is 2. The number of hydrogen-bond acceptors (Lipinski definition) is 4. The number of nitrogens with one attached hydrogen (secondary N) is 2. The highest BCUT2D eigenvalue weighted by Crippen LogP contribution is 2.42. The lowest BCUT2D eigenvalue weighted by Gasteiger charge is -2.32. The Hall–Kier alpha value is -6.33. The summed E-state index contributed by atoms with van der Waals surface area (Å²) in [5.74, 6) is 1.88. The summed E-state index contributed by atoms with van der Waals surface area (Å²) >= 11 is 0. The first kappa shape index (κ1) is 29.1. The molecule has 0 aliphatic heterocycles. The van der Waals surface area contributed by atoms with Crippen molar-refractivity contribution in [2.75, 3.05) is 10.6 Å². The molecule has 8 rings (SSSR count). The van der Waals surface area contributed by atoms with E-state index in [-0.39, 0.29) is 11.8 Å². The van der Waals surface area contributed by atoms with Crippen LogP contribution in [0.25, 0.3) is 27.9 Å². The SMILES string of the molecule is C1=CC2C=CC(Nc3cccc(Oc4cccc(-n5cccn5)c4)c3)=C(Nc3c(-c4ccccc4)cccc3-c3ccccc3)C2C=C1. The smallest absolute Gasteiger partial charge is 0.129 e. The van der Waals surface area contributed by atoms with E-state index in [1.54, 1.807) is 6.20 Å². The number of rotatable bonds is 9. The number of fused-ring (bicyclic) bond motifs is 1. The number of allylic oxidation sites excluding steroid dienone is 6. The van der Waals surface area contributed by atoms with E-state index >= 15 is 0 Å². The molecule has 2 aliphatic carbocycles. The van der Waals surface area contributed by atoms with E-state index in [0.29, 0.717) is 0 Å². The van der Waals surface area contributed by atoms with Gasteiger partial charge in [0.15, 0.2) is 0 Å². The minimum atomic E-state index is 0.138. The Balaban J connectivity index is 1.17. The first-order valence-electron chi connectivity index (χ1n) is 16.2. The predicted octanol–water partition coefficient (Wildman–Crippen LogP) is 10.7. The molecular weight excluding hydrogens is 589 g/mol. The van der Waals surface area contributed by atoms with Gasteiger partial charge in [0.25, 0.3) is 0 Å². The van der Waals surface area contributed by atoms with Gasteiger partial charge in [-0.25, -0.2) is 4.68 Å². The standard InChI is InChI=1S/C43H34N4O/c1-3-13-31(14-4-1)38-23-11-24-39(32-15-5-2-6-16-32)42(38)46-43-40-22-8-7-17-33(40)25-26-41(43)45-34-18-9-20-36(29-34)48-37-21-10-19-35(30-37)47-28-12-27-44-47/h1-30,33,40,45-46H. The largest absolute Gasteiger partial charge is 0.457 e. The van der Waals surface area contributed by atoms with Crippen LogP contribution in [0.2, 0.25) is 0 Å². The van der Waals surface area contributed by atoms with E-state index < -0.39 is 0 Å². The molecule has 2 atom stereocenters. The molecule has 232 valence electrons. The number of benzene rings is 5. The van der Waals surface area contributed by atoms with Crippen LogP contribution in [0.5, 0.6) is 11.5 Å². The fourth-order valence-electron chi connectivity index (χ4n) is 6.41. The maximum absolute atomic E-state index is 6.33. The third-order valence-corrected chi connectivity index (χ3v) is 8.72. The van der Waals surface area contributed by atoms with Crippen molar-refractivity contribution in [3.63, 3.8) is 0 Å². The van der Waals surface area contributed by atoms with Crippen LogP contribution in [-0.2, 0) is 0 Å². The normalized spacial score (nSPS) is 16.4. The topological polar surface area (TPSA) is 51.1 Å². The van der Waals surface area contributed by atoms with Gasteiger partial charge in [-0.3, -0.25) is 0 Å². The first-order chi connectivity index (χ1) is 23.8. The molecule has 5 nitrogen and oxygen atoms in total. The third-order valence-electron chi connectivity index (χ3n) is 8.72. The van der Waals surface area contributed by atoms with Crippen LogP contribution >= 0.6 is 0 Å². The maximum Gasteiger partial charge on any atom is 0.129 e. The van der Waals surface area contributed by atoms with Crippen molar-refractivity contribution in [1.82, 2.24) is 9.78 Å². The Bertz CT molecular complexity index is 2100. The second kappa shape index (κ2) is 13.2. The molecule has 0 amide bonds. The molecule has 1 heterocycles. The molecule has 0 spiro atoms. The fraction of sp³-hybridized carbons (Fsp3) is 0.0465. The molecule has 0 fully saturated rings. The van der Waals surface area contributed by atoms with Crippen molar-refractivity contribution in [1.29, 1.82) is 0 Å². The van der Waals surface area contributed by atoms with Gasteiger partial charge in [-0.15, -0.1) is 0 Å². The van der Waals surface area contributed by atoms with Crippen LogP contribution in [0, 0.1) is 11.8 Å². The fourth-order valence-corrected chi connectivity index (χ4v) is 6.41. The van der Waals surface area contributed by atoms with E-state index in [4.69, 9.17) is 4.74 Å². The summed E-state index contributed by atoms with van der Waals surface area (Å²) < 4.78 is 8.16. The summed E-state index contributed by atoms with van der Waals surface area (Å²) in [6.45, 7) is 0. The number of ether oxygens (including phenoxy) is 1. The van der Waals surface area contributed by atoms with Gasteiger partial charge in [0.1, 0.15) is 11.5 Å².